The highest BCUT2D eigenvalue weighted by atomic mass is 16.6. The lowest BCUT2D eigenvalue weighted by atomic mass is 9.77. The lowest BCUT2D eigenvalue weighted by molar-refractivity contribution is -0.129. The van der Waals surface area contributed by atoms with Gasteiger partial charge in [-0.1, -0.05) is 42.5 Å². The van der Waals surface area contributed by atoms with Crippen LogP contribution in [0.25, 0.3) is 0 Å². The molecule has 1 aromatic carbocycles. The minimum Gasteiger partial charge on any atom is -0.444 e. The molecule has 1 heterocycles. The third-order valence-electron chi connectivity index (χ3n) is 6.59. The fraction of sp³-hybridized carbons (Fsp3) is 0.655. The number of carbonyl (C=O) groups is 2. The number of ether oxygens (including phenoxy) is 2. The summed E-state index contributed by atoms with van der Waals surface area (Å²) in [6.07, 6.45) is 6.62. The first-order valence-corrected chi connectivity index (χ1v) is 12.9. The van der Waals surface area contributed by atoms with Crippen LogP contribution in [0.5, 0.6) is 0 Å². The van der Waals surface area contributed by atoms with E-state index >= 15 is 0 Å². The predicted octanol–water partition coefficient (Wildman–Crippen LogP) is 5.86. The number of amides is 2. The van der Waals surface area contributed by atoms with Gasteiger partial charge in [-0.3, -0.25) is 9.69 Å². The van der Waals surface area contributed by atoms with E-state index in [9.17, 15) is 9.59 Å². The SMILES string of the molecule is CC(C)(C)NC(=O)C1CC=CCC1CC1OC(C)(C)N(C(=O)OC(C)(C)C)C1Cc1ccccc1. The third-order valence-corrected chi connectivity index (χ3v) is 6.59. The molecule has 0 spiro atoms. The van der Waals surface area contributed by atoms with Crippen LogP contribution in [-0.4, -0.2) is 45.9 Å². The summed E-state index contributed by atoms with van der Waals surface area (Å²) < 4.78 is 12.4. The minimum absolute atomic E-state index is 0.0905. The molecule has 6 nitrogen and oxygen atoms in total. The van der Waals surface area contributed by atoms with E-state index in [0.29, 0.717) is 12.8 Å². The van der Waals surface area contributed by atoms with Gasteiger partial charge in [0.2, 0.25) is 5.91 Å². The Morgan fingerprint density at radius 1 is 1.06 bits per heavy atom. The summed E-state index contributed by atoms with van der Waals surface area (Å²) in [7, 11) is 0. The summed E-state index contributed by atoms with van der Waals surface area (Å²) in [6.45, 7) is 15.5. The maximum atomic E-state index is 13.4. The molecular formula is C29H44N2O4. The van der Waals surface area contributed by atoms with Crippen LogP contribution in [0.4, 0.5) is 4.79 Å². The van der Waals surface area contributed by atoms with E-state index < -0.39 is 11.3 Å². The van der Waals surface area contributed by atoms with Gasteiger partial charge < -0.3 is 14.8 Å². The van der Waals surface area contributed by atoms with Crippen LogP contribution in [0.1, 0.15) is 80.2 Å². The van der Waals surface area contributed by atoms with Crippen molar-refractivity contribution in [3.05, 3.63) is 48.0 Å². The van der Waals surface area contributed by atoms with Crippen molar-refractivity contribution in [3.63, 3.8) is 0 Å². The standard InChI is InChI=1S/C29H44N2O4/c1-27(2,3)30-25(32)22-17-13-12-16-21(22)19-24-23(18-20-14-10-9-11-15-20)31(29(7,8)34-24)26(33)35-28(4,5)6/h9-15,21-24H,16-19H2,1-8H3,(H,30,32). The normalized spacial score (nSPS) is 26.5. The second-order valence-electron chi connectivity index (χ2n) is 12.5. The number of benzene rings is 1. The first kappa shape index (κ1) is 27.3. The summed E-state index contributed by atoms with van der Waals surface area (Å²) in [4.78, 5) is 28.3. The van der Waals surface area contributed by atoms with Crippen molar-refractivity contribution in [3.8, 4) is 0 Å². The van der Waals surface area contributed by atoms with E-state index in [1.54, 1.807) is 4.90 Å². The molecule has 1 fully saturated rings. The first-order chi connectivity index (χ1) is 16.2. The zero-order valence-electron chi connectivity index (χ0n) is 22.8. The molecule has 35 heavy (non-hydrogen) atoms. The van der Waals surface area contributed by atoms with Gasteiger partial charge in [-0.2, -0.15) is 0 Å². The topological polar surface area (TPSA) is 67.9 Å². The van der Waals surface area contributed by atoms with E-state index in [2.05, 4.69) is 29.6 Å². The van der Waals surface area contributed by atoms with E-state index in [1.165, 1.54) is 0 Å². The van der Waals surface area contributed by atoms with Crippen LogP contribution in [0, 0.1) is 11.8 Å². The Morgan fingerprint density at radius 3 is 2.29 bits per heavy atom. The van der Waals surface area contributed by atoms with Gasteiger partial charge in [0, 0.05) is 11.5 Å². The third kappa shape index (κ3) is 7.33. The Morgan fingerprint density at radius 2 is 1.69 bits per heavy atom. The van der Waals surface area contributed by atoms with Crippen molar-refractivity contribution >= 4 is 12.0 Å². The summed E-state index contributed by atoms with van der Waals surface area (Å²) >= 11 is 0. The van der Waals surface area contributed by atoms with E-state index in [4.69, 9.17) is 9.47 Å². The lowest BCUT2D eigenvalue weighted by Gasteiger charge is -2.35. The molecule has 1 aromatic rings. The summed E-state index contributed by atoms with van der Waals surface area (Å²) in [5, 5.41) is 3.17. The van der Waals surface area contributed by atoms with Gasteiger partial charge in [0.25, 0.3) is 0 Å². The lowest BCUT2D eigenvalue weighted by Crippen LogP contribution is -2.51. The van der Waals surface area contributed by atoms with Crippen molar-refractivity contribution in [2.45, 2.75) is 110 Å². The number of hydrogen-bond acceptors (Lipinski definition) is 4. The predicted molar refractivity (Wildman–Crippen MR) is 139 cm³/mol. The van der Waals surface area contributed by atoms with Crippen LogP contribution in [0.2, 0.25) is 0 Å². The maximum Gasteiger partial charge on any atom is 0.412 e. The number of allylic oxidation sites excluding steroid dienone is 2. The van der Waals surface area contributed by atoms with Crippen molar-refractivity contribution in [1.29, 1.82) is 0 Å². The number of hydrogen-bond donors (Lipinski definition) is 1. The average molecular weight is 485 g/mol. The van der Waals surface area contributed by atoms with Crippen LogP contribution >= 0.6 is 0 Å². The zero-order valence-corrected chi connectivity index (χ0v) is 22.8. The van der Waals surface area contributed by atoms with Crippen LogP contribution < -0.4 is 5.32 Å². The number of nitrogens with one attached hydrogen (secondary N) is 1. The van der Waals surface area contributed by atoms with Crippen molar-refractivity contribution < 1.29 is 19.1 Å². The van der Waals surface area contributed by atoms with Crippen molar-refractivity contribution in [1.82, 2.24) is 10.2 Å². The first-order valence-electron chi connectivity index (χ1n) is 12.9. The van der Waals surface area contributed by atoms with Gasteiger partial charge in [0.1, 0.15) is 11.3 Å². The molecule has 4 unspecified atom stereocenters. The molecule has 194 valence electrons. The van der Waals surface area contributed by atoms with Gasteiger partial charge in [-0.25, -0.2) is 4.79 Å². The molecule has 3 rings (SSSR count). The van der Waals surface area contributed by atoms with Crippen molar-refractivity contribution in [2.75, 3.05) is 0 Å². The molecule has 4 atom stereocenters. The molecule has 1 N–H and O–H groups in total. The van der Waals surface area contributed by atoms with Crippen LogP contribution in [-0.2, 0) is 20.7 Å². The molecule has 0 bridgehead atoms. The Bertz CT molecular complexity index is 911. The average Bonchev–Trinajstić information content (AvgIpc) is 2.95. The fourth-order valence-corrected chi connectivity index (χ4v) is 5.23. The van der Waals surface area contributed by atoms with Gasteiger partial charge >= 0.3 is 6.09 Å². The Kier molecular flexibility index (Phi) is 8.05. The molecular weight excluding hydrogens is 440 g/mol. The highest BCUT2D eigenvalue weighted by Crippen LogP contribution is 2.41. The van der Waals surface area contributed by atoms with Crippen molar-refractivity contribution in [2.24, 2.45) is 11.8 Å². The molecule has 1 saturated heterocycles. The Balaban J connectivity index is 1.88. The van der Waals surface area contributed by atoms with Crippen LogP contribution in [0.15, 0.2) is 42.5 Å². The van der Waals surface area contributed by atoms with Crippen LogP contribution in [0.3, 0.4) is 0 Å². The van der Waals surface area contributed by atoms with E-state index in [0.717, 1.165) is 18.4 Å². The second-order valence-corrected chi connectivity index (χ2v) is 12.5. The molecule has 2 amide bonds. The van der Waals surface area contributed by atoms with Gasteiger partial charge in [0.15, 0.2) is 0 Å². The van der Waals surface area contributed by atoms with E-state index in [1.807, 2.05) is 73.6 Å². The Labute approximate surface area is 211 Å². The molecule has 2 aliphatic rings. The molecule has 1 aliphatic carbocycles. The Hall–Kier alpha value is -2.34. The molecule has 6 heteroatoms. The molecule has 0 aromatic heterocycles. The zero-order chi connectivity index (χ0) is 26.0. The van der Waals surface area contributed by atoms with Gasteiger partial charge in [-0.15, -0.1) is 0 Å². The number of carbonyl (C=O) groups excluding carboxylic acids is 2. The quantitative estimate of drug-likeness (QED) is 0.532. The number of rotatable bonds is 5. The molecule has 0 radical (unpaired) electrons. The smallest absolute Gasteiger partial charge is 0.412 e. The second kappa shape index (κ2) is 10.3. The molecule has 0 saturated carbocycles. The highest BCUT2D eigenvalue weighted by molar-refractivity contribution is 5.80. The number of nitrogens with zero attached hydrogens (tertiary/aromatic N) is 1. The monoisotopic (exact) mass is 484 g/mol. The summed E-state index contributed by atoms with van der Waals surface area (Å²) in [6, 6.07) is 10.00. The minimum atomic E-state index is -0.819. The summed E-state index contributed by atoms with van der Waals surface area (Å²) in [5.41, 5.74) is -0.562. The molecule has 1 aliphatic heterocycles. The van der Waals surface area contributed by atoms with Gasteiger partial charge in [-0.05, 0) is 92.6 Å². The fourth-order valence-electron chi connectivity index (χ4n) is 5.23. The largest absolute Gasteiger partial charge is 0.444 e. The van der Waals surface area contributed by atoms with E-state index in [-0.39, 0.29) is 41.5 Å². The summed E-state index contributed by atoms with van der Waals surface area (Å²) in [5.74, 6) is 0.117. The highest BCUT2D eigenvalue weighted by Gasteiger charge is 2.52. The van der Waals surface area contributed by atoms with Gasteiger partial charge in [0.05, 0.1) is 12.1 Å². The maximum absolute atomic E-state index is 13.4.